The van der Waals surface area contributed by atoms with Gasteiger partial charge in [0.05, 0.1) is 11.3 Å². The van der Waals surface area contributed by atoms with Gasteiger partial charge in [0, 0.05) is 19.4 Å². The highest BCUT2D eigenvalue weighted by molar-refractivity contribution is 5.85. The number of nitrogens with one attached hydrogen (secondary N) is 1. The van der Waals surface area contributed by atoms with Crippen molar-refractivity contribution >= 4 is 11.5 Å². The highest BCUT2D eigenvalue weighted by Gasteiger charge is 2.34. The average Bonchev–Trinajstić information content (AvgIpc) is 2.35. The van der Waals surface area contributed by atoms with Gasteiger partial charge in [0.15, 0.2) is 0 Å². The number of hydrogen-bond donors (Lipinski definition) is 1. The Morgan fingerprint density at radius 2 is 2.00 bits per heavy atom. The predicted molar refractivity (Wildman–Crippen MR) is 53.3 cm³/mol. The van der Waals surface area contributed by atoms with Crippen LogP contribution in [0.4, 0.5) is 18.9 Å². The van der Waals surface area contributed by atoms with Crippen LogP contribution in [0.25, 0.3) is 0 Å². The van der Waals surface area contributed by atoms with Crippen molar-refractivity contribution in [1.29, 1.82) is 0 Å². The molecule has 0 bridgehead atoms. The average molecular weight is 229 g/mol. The summed E-state index contributed by atoms with van der Waals surface area (Å²) < 4.78 is 38.0. The molecule has 1 aliphatic heterocycles. The number of benzene rings is 1. The molecule has 1 aromatic carbocycles. The third kappa shape index (κ3) is 2.03. The summed E-state index contributed by atoms with van der Waals surface area (Å²) in [7, 11) is 0. The van der Waals surface area contributed by atoms with Crippen LogP contribution >= 0.6 is 0 Å². The molecule has 1 aliphatic rings. The van der Waals surface area contributed by atoms with Crippen LogP contribution < -0.4 is 5.32 Å². The van der Waals surface area contributed by atoms with Crippen molar-refractivity contribution in [1.82, 2.24) is 0 Å². The van der Waals surface area contributed by atoms with Crippen molar-refractivity contribution in [3.05, 3.63) is 29.3 Å². The van der Waals surface area contributed by atoms with Crippen molar-refractivity contribution in [2.75, 3.05) is 11.9 Å². The number of hydrogen-bond acceptors (Lipinski definition) is 2. The summed E-state index contributed by atoms with van der Waals surface area (Å²) in [5.74, 6) is -0.0365. The summed E-state index contributed by atoms with van der Waals surface area (Å²) in [6.07, 6.45) is -4.04. The van der Waals surface area contributed by atoms with Gasteiger partial charge in [0.2, 0.25) is 0 Å². The van der Waals surface area contributed by atoms with E-state index in [1.165, 1.54) is 6.07 Å². The Morgan fingerprint density at radius 1 is 1.25 bits per heavy atom. The number of Topliss-reactive ketones (excluding diaryl/α,β-unsaturated/α-hetero) is 1. The summed E-state index contributed by atoms with van der Waals surface area (Å²) in [6, 6.07) is 3.92. The van der Waals surface area contributed by atoms with Gasteiger partial charge in [-0.15, -0.1) is 0 Å². The Morgan fingerprint density at radius 3 is 2.69 bits per heavy atom. The van der Waals surface area contributed by atoms with E-state index in [0.717, 1.165) is 6.07 Å². The van der Waals surface area contributed by atoms with Crippen LogP contribution in [-0.2, 0) is 17.4 Å². The van der Waals surface area contributed by atoms with E-state index in [9.17, 15) is 18.0 Å². The first-order valence-corrected chi connectivity index (χ1v) is 4.93. The molecule has 0 unspecified atom stereocenters. The van der Waals surface area contributed by atoms with Gasteiger partial charge in [-0.05, 0) is 11.6 Å². The lowest BCUT2D eigenvalue weighted by Crippen LogP contribution is -2.11. The molecule has 5 heteroatoms. The molecule has 0 spiro atoms. The smallest absolute Gasteiger partial charge is 0.384 e. The minimum Gasteiger partial charge on any atom is -0.384 e. The molecule has 0 amide bonds. The molecule has 0 saturated heterocycles. The van der Waals surface area contributed by atoms with Crippen LogP contribution in [0.3, 0.4) is 0 Å². The fourth-order valence-electron chi connectivity index (χ4n) is 1.82. The van der Waals surface area contributed by atoms with Crippen LogP contribution in [0.15, 0.2) is 18.2 Å². The van der Waals surface area contributed by atoms with Gasteiger partial charge in [-0.2, -0.15) is 13.2 Å². The van der Waals surface area contributed by atoms with E-state index < -0.39 is 11.7 Å². The molecular weight excluding hydrogens is 219 g/mol. The van der Waals surface area contributed by atoms with Crippen LogP contribution in [0, 0.1) is 0 Å². The molecule has 0 fully saturated rings. The predicted octanol–water partition coefficient (Wildman–Crippen LogP) is 2.63. The summed E-state index contributed by atoms with van der Waals surface area (Å²) in [4.78, 5) is 11.3. The monoisotopic (exact) mass is 229 g/mol. The van der Waals surface area contributed by atoms with Gasteiger partial charge < -0.3 is 5.32 Å². The second kappa shape index (κ2) is 3.81. The Kier molecular flexibility index (Phi) is 2.61. The number of fused-ring (bicyclic) bond motifs is 1. The maximum Gasteiger partial charge on any atom is 0.418 e. The number of anilines is 1. The van der Waals surface area contributed by atoms with Crippen LogP contribution in [0.2, 0.25) is 0 Å². The maximum absolute atomic E-state index is 12.7. The minimum absolute atomic E-state index is 0.0365. The summed E-state index contributed by atoms with van der Waals surface area (Å²) in [5.41, 5.74) is -0.210. The second-order valence-corrected chi connectivity index (χ2v) is 3.73. The van der Waals surface area contributed by atoms with Gasteiger partial charge in [-0.3, -0.25) is 4.79 Å². The van der Waals surface area contributed by atoms with E-state index in [1.807, 2.05) is 0 Å². The Bertz CT molecular complexity index is 426. The maximum atomic E-state index is 12.7. The molecule has 0 atom stereocenters. The Balaban J connectivity index is 2.51. The van der Waals surface area contributed by atoms with Gasteiger partial charge >= 0.3 is 6.18 Å². The van der Waals surface area contributed by atoms with Crippen LogP contribution in [0.1, 0.15) is 17.5 Å². The van der Waals surface area contributed by atoms with E-state index in [4.69, 9.17) is 0 Å². The topological polar surface area (TPSA) is 29.1 Å². The molecule has 1 N–H and O–H groups in total. The molecule has 2 nitrogen and oxygen atoms in total. The summed E-state index contributed by atoms with van der Waals surface area (Å²) >= 11 is 0. The molecule has 0 radical (unpaired) electrons. The van der Waals surface area contributed by atoms with E-state index in [0.29, 0.717) is 5.56 Å². The number of carbonyl (C=O) groups excluding carboxylic acids is 1. The lowest BCUT2D eigenvalue weighted by atomic mass is 10.0. The highest BCUT2D eigenvalue weighted by atomic mass is 19.4. The molecule has 2 rings (SSSR count). The standard InChI is InChI=1S/C11H10F3NO/c12-11(13,14)9-3-1-2-7-6-8(16)4-5-15-10(7)9/h1-3,15H,4-6H2. The second-order valence-electron chi connectivity index (χ2n) is 3.73. The lowest BCUT2D eigenvalue weighted by Gasteiger charge is -2.15. The van der Waals surface area contributed by atoms with Crippen molar-refractivity contribution in [2.45, 2.75) is 19.0 Å². The molecule has 16 heavy (non-hydrogen) atoms. The Labute approximate surface area is 90.5 Å². The molecule has 0 aromatic heterocycles. The number of carbonyl (C=O) groups is 1. The molecule has 0 saturated carbocycles. The largest absolute Gasteiger partial charge is 0.418 e. The third-order valence-electron chi connectivity index (χ3n) is 2.55. The quantitative estimate of drug-likeness (QED) is 0.741. The SMILES string of the molecule is O=C1CCNc2c(cccc2C(F)(F)F)C1. The first kappa shape index (κ1) is 11.0. The van der Waals surface area contributed by atoms with Crippen molar-refractivity contribution in [3.8, 4) is 0 Å². The molecule has 1 heterocycles. The number of rotatable bonds is 0. The first-order valence-electron chi connectivity index (χ1n) is 4.93. The third-order valence-corrected chi connectivity index (χ3v) is 2.55. The number of alkyl halides is 3. The van der Waals surface area contributed by atoms with Gasteiger partial charge in [-0.25, -0.2) is 0 Å². The van der Waals surface area contributed by atoms with E-state index in [2.05, 4.69) is 5.32 Å². The Hall–Kier alpha value is -1.52. The van der Waals surface area contributed by atoms with Gasteiger partial charge in [0.1, 0.15) is 5.78 Å². The van der Waals surface area contributed by atoms with Crippen molar-refractivity contribution in [3.63, 3.8) is 0 Å². The zero-order valence-electron chi connectivity index (χ0n) is 8.40. The fraction of sp³-hybridized carbons (Fsp3) is 0.364. The lowest BCUT2D eigenvalue weighted by molar-refractivity contribution is -0.137. The fourth-order valence-corrected chi connectivity index (χ4v) is 1.82. The molecular formula is C11H10F3NO. The molecule has 86 valence electrons. The minimum atomic E-state index is -4.38. The van der Waals surface area contributed by atoms with E-state index >= 15 is 0 Å². The van der Waals surface area contributed by atoms with Gasteiger partial charge in [-0.1, -0.05) is 12.1 Å². The molecule has 1 aromatic rings. The zero-order valence-corrected chi connectivity index (χ0v) is 8.40. The van der Waals surface area contributed by atoms with E-state index in [-0.39, 0.29) is 30.9 Å². The summed E-state index contributed by atoms with van der Waals surface area (Å²) in [5, 5.41) is 2.69. The highest BCUT2D eigenvalue weighted by Crippen LogP contribution is 2.37. The number of halogens is 3. The first-order chi connectivity index (χ1) is 7.48. The summed E-state index contributed by atoms with van der Waals surface area (Å²) in [6.45, 7) is 0.263. The normalized spacial score (nSPS) is 16.3. The number of ketones is 1. The van der Waals surface area contributed by atoms with E-state index in [1.54, 1.807) is 6.07 Å². The van der Waals surface area contributed by atoms with Crippen LogP contribution in [-0.4, -0.2) is 12.3 Å². The van der Waals surface area contributed by atoms with Crippen molar-refractivity contribution < 1.29 is 18.0 Å². The van der Waals surface area contributed by atoms with Crippen molar-refractivity contribution in [2.24, 2.45) is 0 Å². The number of para-hydroxylation sites is 1. The zero-order chi connectivity index (χ0) is 11.8. The van der Waals surface area contributed by atoms with Crippen LogP contribution in [0.5, 0.6) is 0 Å². The molecule has 0 aliphatic carbocycles. The van der Waals surface area contributed by atoms with Gasteiger partial charge in [0.25, 0.3) is 0 Å².